The largest absolute Gasteiger partial charge is 0.379 e. The van der Waals surface area contributed by atoms with Crippen LogP contribution in [-0.4, -0.2) is 42.9 Å². The second kappa shape index (κ2) is 9.70. The van der Waals surface area contributed by atoms with E-state index in [9.17, 15) is 0 Å². The van der Waals surface area contributed by atoms with E-state index in [1.54, 1.807) is 0 Å². The lowest BCUT2D eigenvalue weighted by Gasteiger charge is -2.27. The number of allylic oxidation sites excluding steroid dienone is 3. The summed E-state index contributed by atoms with van der Waals surface area (Å²) < 4.78 is 5.46. The highest BCUT2D eigenvalue weighted by molar-refractivity contribution is 6.66. The fourth-order valence-corrected chi connectivity index (χ4v) is 3.36. The first-order valence-corrected chi connectivity index (χ1v) is 9.99. The van der Waals surface area contributed by atoms with E-state index >= 15 is 0 Å². The van der Waals surface area contributed by atoms with Gasteiger partial charge in [-0.25, -0.2) is 4.99 Å². The van der Waals surface area contributed by atoms with Gasteiger partial charge < -0.3 is 4.74 Å². The minimum Gasteiger partial charge on any atom is -0.379 e. The fraction of sp³-hybridized carbons (Fsp3) is 0.667. The third kappa shape index (κ3) is 5.54. The minimum atomic E-state index is 0.295. The van der Waals surface area contributed by atoms with E-state index in [-0.39, 0.29) is 0 Å². The summed E-state index contributed by atoms with van der Waals surface area (Å²) in [5, 5.41) is 0.704. The molecule has 25 heavy (non-hydrogen) atoms. The van der Waals surface area contributed by atoms with Crippen molar-refractivity contribution in [3.05, 3.63) is 35.1 Å². The van der Waals surface area contributed by atoms with Crippen LogP contribution in [0.5, 0.6) is 0 Å². The van der Waals surface area contributed by atoms with Gasteiger partial charge in [-0.2, -0.15) is 0 Å². The Hall–Kier alpha value is -0.900. The van der Waals surface area contributed by atoms with Gasteiger partial charge in [0.15, 0.2) is 0 Å². The highest BCUT2D eigenvalue weighted by atomic mass is 35.5. The lowest BCUT2D eigenvalue weighted by molar-refractivity contribution is 0.0421. The van der Waals surface area contributed by atoms with Crippen LogP contribution in [0, 0.1) is 11.8 Å². The molecule has 0 radical (unpaired) electrons. The molecule has 0 saturated carbocycles. The smallest absolute Gasteiger partial charge is 0.109 e. The fourth-order valence-electron chi connectivity index (χ4n) is 3.11. The molecule has 4 heteroatoms. The molecule has 0 aromatic carbocycles. The Kier molecular flexibility index (Phi) is 7.92. The molecule has 0 spiro atoms. The molecule has 0 aromatic rings. The predicted molar refractivity (Wildman–Crippen MR) is 108 cm³/mol. The van der Waals surface area contributed by atoms with Gasteiger partial charge in [-0.05, 0) is 48.0 Å². The lowest BCUT2D eigenvalue weighted by atomic mass is 9.91. The van der Waals surface area contributed by atoms with Crippen molar-refractivity contribution in [1.29, 1.82) is 0 Å². The zero-order valence-corrected chi connectivity index (χ0v) is 17.0. The summed E-state index contributed by atoms with van der Waals surface area (Å²) in [6.45, 7) is 17.8. The quantitative estimate of drug-likeness (QED) is 0.554. The van der Waals surface area contributed by atoms with Gasteiger partial charge in [-0.15, -0.1) is 0 Å². The summed E-state index contributed by atoms with van der Waals surface area (Å²) in [4.78, 5) is 7.25. The van der Waals surface area contributed by atoms with E-state index in [4.69, 9.17) is 21.3 Å². The molecule has 1 aliphatic carbocycles. The van der Waals surface area contributed by atoms with E-state index in [1.807, 2.05) is 0 Å². The van der Waals surface area contributed by atoms with Crippen molar-refractivity contribution in [1.82, 2.24) is 4.90 Å². The lowest BCUT2D eigenvalue weighted by Crippen LogP contribution is -2.37. The Morgan fingerprint density at radius 2 is 1.88 bits per heavy atom. The van der Waals surface area contributed by atoms with E-state index < -0.39 is 0 Å². The molecule has 2 unspecified atom stereocenters. The third-order valence-corrected chi connectivity index (χ3v) is 5.88. The molecule has 140 valence electrons. The molecule has 1 heterocycles. The molecule has 2 aliphatic rings. The van der Waals surface area contributed by atoms with Crippen LogP contribution in [0.4, 0.5) is 0 Å². The molecule has 0 bridgehead atoms. The first-order chi connectivity index (χ1) is 12.0. The van der Waals surface area contributed by atoms with Crippen LogP contribution in [0.15, 0.2) is 40.1 Å². The van der Waals surface area contributed by atoms with Crippen LogP contribution in [0.1, 0.15) is 47.0 Å². The van der Waals surface area contributed by atoms with Gasteiger partial charge in [-0.1, -0.05) is 45.9 Å². The van der Waals surface area contributed by atoms with Crippen molar-refractivity contribution < 1.29 is 4.74 Å². The summed E-state index contributed by atoms with van der Waals surface area (Å²) in [5.41, 5.74) is 4.93. The van der Waals surface area contributed by atoms with Crippen molar-refractivity contribution >= 4 is 16.8 Å². The summed E-state index contributed by atoms with van der Waals surface area (Å²) in [5.74, 6) is 0.766. The van der Waals surface area contributed by atoms with E-state index in [1.165, 1.54) is 16.7 Å². The van der Waals surface area contributed by atoms with Crippen molar-refractivity contribution in [3.63, 3.8) is 0 Å². The van der Waals surface area contributed by atoms with Gasteiger partial charge >= 0.3 is 0 Å². The second-order valence-corrected chi connectivity index (χ2v) is 7.70. The van der Waals surface area contributed by atoms with Gasteiger partial charge in [0.2, 0.25) is 0 Å². The molecule has 0 aromatic heterocycles. The summed E-state index contributed by atoms with van der Waals surface area (Å²) >= 11 is 6.46. The average Bonchev–Trinajstić information content (AvgIpc) is 3.02. The standard InChI is InChI=1S/C21H33ClN2O/c1-6-15(3)17(5)19-12-18(14-24-8-10-25-11-9-24)13-20(19)23-21(22)16(4)7-2/h13,15-16H,5-12,14H2,1-4H3/b23-21+. The Labute approximate surface area is 158 Å². The van der Waals surface area contributed by atoms with Crippen LogP contribution < -0.4 is 0 Å². The number of halogens is 1. The van der Waals surface area contributed by atoms with Crippen LogP contribution in [-0.2, 0) is 4.74 Å². The monoisotopic (exact) mass is 364 g/mol. The number of ether oxygens (including phenoxy) is 1. The molecule has 1 fully saturated rings. The first kappa shape index (κ1) is 20.4. The Balaban J connectivity index is 2.20. The zero-order chi connectivity index (χ0) is 18.4. The van der Waals surface area contributed by atoms with Crippen LogP contribution in [0.2, 0.25) is 0 Å². The van der Waals surface area contributed by atoms with Gasteiger partial charge in [0.05, 0.1) is 18.9 Å². The van der Waals surface area contributed by atoms with Gasteiger partial charge in [0, 0.05) is 25.6 Å². The number of nitrogens with zero attached hydrogens (tertiary/aromatic N) is 2. The normalized spacial score (nSPS) is 22.1. The molecule has 2 atom stereocenters. The highest BCUT2D eigenvalue weighted by Crippen LogP contribution is 2.36. The van der Waals surface area contributed by atoms with Crippen molar-refractivity contribution in [3.8, 4) is 0 Å². The third-order valence-electron chi connectivity index (χ3n) is 5.43. The molecule has 0 amide bonds. The SMILES string of the molecule is C=C(C1=C(/N=C(/Cl)C(C)CC)C=C(CN2CCOCC2)C1)C(C)CC. The molecule has 3 nitrogen and oxygen atoms in total. The predicted octanol–water partition coefficient (Wildman–Crippen LogP) is 5.19. The maximum absolute atomic E-state index is 6.46. The summed E-state index contributed by atoms with van der Waals surface area (Å²) in [6, 6.07) is 0. The highest BCUT2D eigenvalue weighted by Gasteiger charge is 2.23. The van der Waals surface area contributed by atoms with E-state index in [0.717, 1.165) is 57.8 Å². The molecule has 1 aliphatic heterocycles. The number of morpholine rings is 1. The molecule has 1 saturated heterocycles. The van der Waals surface area contributed by atoms with Crippen molar-refractivity contribution in [2.45, 2.75) is 47.0 Å². The number of aliphatic imine (C=N–C) groups is 1. The Morgan fingerprint density at radius 3 is 2.48 bits per heavy atom. The first-order valence-electron chi connectivity index (χ1n) is 9.62. The minimum absolute atomic E-state index is 0.295. The zero-order valence-electron chi connectivity index (χ0n) is 16.3. The van der Waals surface area contributed by atoms with Gasteiger partial charge in [0.1, 0.15) is 5.17 Å². The maximum Gasteiger partial charge on any atom is 0.109 e. The van der Waals surface area contributed by atoms with Crippen LogP contribution in [0.25, 0.3) is 0 Å². The second-order valence-electron chi connectivity index (χ2n) is 7.31. The number of hydrogen-bond acceptors (Lipinski definition) is 3. The van der Waals surface area contributed by atoms with Crippen LogP contribution in [0.3, 0.4) is 0 Å². The van der Waals surface area contributed by atoms with Crippen molar-refractivity contribution in [2.75, 3.05) is 32.8 Å². The van der Waals surface area contributed by atoms with Crippen LogP contribution >= 0.6 is 11.6 Å². The van der Waals surface area contributed by atoms with Gasteiger partial charge in [0.25, 0.3) is 0 Å². The topological polar surface area (TPSA) is 24.8 Å². The van der Waals surface area contributed by atoms with Crippen molar-refractivity contribution in [2.24, 2.45) is 16.8 Å². The molecular weight excluding hydrogens is 332 g/mol. The Morgan fingerprint density at radius 1 is 1.24 bits per heavy atom. The molecule has 0 N–H and O–H groups in total. The summed E-state index contributed by atoms with van der Waals surface area (Å²) in [6.07, 6.45) is 5.28. The van der Waals surface area contributed by atoms with Gasteiger partial charge in [-0.3, -0.25) is 4.90 Å². The number of hydrogen-bond donors (Lipinski definition) is 0. The van der Waals surface area contributed by atoms with E-state index in [2.05, 4.69) is 45.2 Å². The number of rotatable bonds is 8. The Bertz CT molecular complexity index is 570. The average molecular weight is 365 g/mol. The molecular formula is C21H33ClN2O. The van der Waals surface area contributed by atoms with E-state index in [0.29, 0.717) is 17.0 Å². The molecule has 2 rings (SSSR count). The maximum atomic E-state index is 6.46. The summed E-state index contributed by atoms with van der Waals surface area (Å²) in [7, 11) is 0.